The minimum Gasteiger partial charge on any atom is -0.495 e. The van der Waals surface area contributed by atoms with Crippen LogP contribution in [0, 0.1) is 0 Å². The van der Waals surface area contributed by atoms with E-state index in [-0.39, 0.29) is 28.6 Å². The molecule has 2 aromatic carbocycles. The Morgan fingerprint density at radius 1 is 0.976 bits per heavy atom. The molecule has 41 heavy (non-hydrogen) atoms. The van der Waals surface area contributed by atoms with Crippen LogP contribution in [0.25, 0.3) is 11.4 Å². The van der Waals surface area contributed by atoms with Crippen LogP contribution in [0.2, 0.25) is 10.0 Å². The van der Waals surface area contributed by atoms with Crippen LogP contribution in [0.5, 0.6) is 17.6 Å². The fraction of sp³-hybridized carbons (Fsp3) is 0.250. The maximum atomic E-state index is 14.4. The predicted molar refractivity (Wildman–Crippen MR) is 152 cm³/mol. The van der Waals surface area contributed by atoms with Crippen LogP contribution in [0.15, 0.2) is 42.6 Å². The first-order valence-corrected chi connectivity index (χ1v) is 13.3. The van der Waals surface area contributed by atoms with Gasteiger partial charge in [0.15, 0.2) is 11.2 Å². The molecule has 0 saturated heterocycles. The van der Waals surface area contributed by atoms with E-state index in [1.165, 1.54) is 32.4 Å². The van der Waals surface area contributed by atoms with Gasteiger partial charge in [-0.2, -0.15) is 4.98 Å². The van der Waals surface area contributed by atoms with E-state index < -0.39 is 17.4 Å². The van der Waals surface area contributed by atoms with Gasteiger partial charge >= 0.3 is 6.01 Å². The number of nitrogens with one attached hydrogen (secondary N) is 1. The highest BCUT2D eigenvalue weighted by molar-refractivity contribution is 6.33. The molecule has 11 nitrogen and oxygen atoms in total. The lowest BCUT2D eigenvalue weighted by Crippen LogP contribution is -2.51. The second kappa shape index (κ2) is 9.64. The zero-order chi connectivity index (χ0) is 29.2. The standard InChI is InChI=1S/C28H24Cl2N6O5/c1-13(2)35-22-21(33-23(35)16-12-31-27(41-5)34-24(16)40-4)25(37)36(15-7-9-20(39-3)18(30)11-15)28(22)17-8-6-14(29)10-19(17)32-26(28)38/h6-13H,1-5H3,(H,32,38). The Bertz CT molecular complexity index is 1760. The molecule has 0 bridgehead atoms. The van der Waals surface area contributed by atoms with Crippen LogP contribution in [0.3, 0.4) is 0 Å². The molecule has 0 aliphatic carbocycles. The fourth-order valence-corrected chi connectivity index (χ4v) is 6.00. The molecule has 2 aliphatic heterocycles. The summed E-state index contributed by atoms with van der Waals surface area (Å²) in [6, 6.07) is 9.84. The number of hydrogen-bond acceptors (Lipinski definition) is 8. The van der Waals surface area contributed by atoms with Gasteiger partial charge in [0.25, 0.3) is 11.8 Å². The zero-order valence-electron chi connectivity index (χ0n) is 22.7. The van der Waals surface area contributed by atoms with E-state index in [0.29, 0.717) is 44.8 Å². The number of methoxy groups -OCH3 is 3. The fourth-order valence-electron chi connectivity index (χ4n) is 5.58. The highest BCUT2D eigenvalue weighted by Gasteiger charge is 2.64. The molecule has 210 valence electrons. The summed E-state index contributed by atoms with van der Waals surface area (Å²) in [5.74, 6) is 0.0503. The number of nitrogens with zero attached hydrogens (tertiary/aromatic N) is 5. The van der Waals surface area contributed by atoms with E-state index in [9.17, 15) is 9.59 Å². The second-order valence-electron chi connectivity index (χ2n) is 9.69. The van der Waals surface area contributed by atoms with Crippen molar-refractivity contribution in [1.82, 2.24) is 19.5 Å². The maximum absolute atomic E-state index is 14.4. The Morgan fingerprint density at radius 3 is 2.41 bits per heavy atom. The monoisotopic (exact) mass is 594 g/mol. The van der Waals surface area contributed by atoms with Crippen molar-refractivity contribution >= 4 is 46.4 Å². The van der Waals surface area contributed by atoms with Crippen molar-refractivity contribution in [3.8, 4) is 29.0 Å². The first-order valence-electron chi connectivity index (χ1n) is 12.5. The Morgan fingerprint density at radius 2 is 1.76 bits per heavy atom. The quantitative estimate of drug-likeness (QED) is 0.327. The molecule has 6 rings (SSSR count). The summed E-state index contributed by atoms with van der Waals surface area (Å²) >= 11 is 12.8. The zero-order valence-corrected chi connectivity index (χ0v) is 24.2. The third kappa shape index (κ3) is 3.69. The number of aromatic nitrogens is 4. The van der Waals surface area contributed by atoms with Crippen LogP contribution in [0.1, 0.15) is 41.6 Å². The van der Waals surface area contributed by atoms with Gasteiger partial charge in [-0.05, 0) is 44.2 Å². The lowest BCUT2D eigenvalue weighted by molar-refractivity contribution is -0.119. The summed E-state index contributed by atoms with van der Waals surface area (Å²) in [5.41, 5.74) is 0.674. The van der Waals surface area contributed by atoms with Crippen molar-refractivity contribution in [3.63, 3.8) is 0 Å². The Balaban J connectivity index is 1.70. The first-order chi connectivity index (χ1) is 19.7. The number of anilines is 2. The Hall–Kier alpha value is -4.35. The minimum atomic E-state index is -1.64. The van der Waals surface area contributed by atoms with Crippen molar-refractivity contribution < 1.29 is 23.8 Å². The lowest BCUT2D eigenvalue weighted by atomic mass is 9.87. The average molecular weight is 595 g/mol. The van der Waals surface area contributed by atoms with Crippen LogP contribution < -0.4 is 24.4 Å². The van der Waals surface area contributed by atoms with Gasteiger partial charge in [0.1, 0.15) is 11.6 Å². The molecule has 0 radical (unpaired) electrons. The van der Waals surface area contributed by atoms with E-state index >= 15 is 0 Å². The largest absolute Gasteiger partial charge is 0.495 e. The van der Waals surface area contributed by atoms with E-state index in [1.807, 2.05) is 18.4 Å². The van der Waals surface area contributed by atoms with E-state index in [0.717, 1.165) is 0 Å². The minimum absolute atomic E-state index is 0.0939. The summed E-state index contributed by atoms with van der Waals surface area (Å²) < 4.78 is 17.9. The van der Waals surface area contributed by atoms with E-state index in [4.69, 9.17) is 42.4 Å². The van der Waals surface area contributed by atoms with Gasteiger partial charge in [-0.1, -0.05) is 29.3 Å². The molecule has 1 unspecified atom stereocenters. The Labute approximate surface area is 245 Å². The van der Waals surface area contributed by atoms with Gasteiger partial charge in [-0.25, -0.2) is 9.97 Å². The number of imidazole rings is 1. The number of fused-ring (bicyclic) bond motifs is 4. The number of amides is 2. The lowest BCUT2D eigenvalue weighted by Gasteiger charge is -2.35. The summed E-state index contributed by atoms with van der Waals surface area (Å²) in [6.45, 7) is 3.87. The number of hydrogen-bond donors (Lipinski definition) is 1. The summed E-state index contributed by atoms with van der Waals surface area (Å²) in [4.78, 5) is 43.5. The van der Waals surface area contributed by atoms with Crippen LogP contribution in [-0.2, 0) is 10.3 Å². The number of halogens is 2. The molecule has 1 spiro atoms. The molecule has 4 heterocycles. The van der Waals surface area contributed by atoms with Crippen LogP contribution in [-0.4, -0.2) is 52.7 Å². The van der Waals surface area contributed by atoms with Crippen LogP contribution >= 0.6 is 23.2 Å². The van der Waals surface area contributed by atoms with Crippen molar-refractivity contribution in [2.75, 3.05) is 31.5 Å². The van der Waals surface area contributed by atoms with Crippen LogP contribution in [0.4, 0.5) is 11.4 Å². The van der Waals surface area contributed by atoms with Crippen molar-refractivity contribution in [2.45, 2.75) is 25.4 Å². The smallest absolute Gasteiger partial charge is 0.319 e. The van der Waals surface area contributed by atoms with E-state index in [2.05, 4.69) is 15.3 Å². The summed E-state index contributed by atoms with van der Waals surface area (Å²) in [5, 5.41) is 3.65. The molecule has 2 aliphatic rings. The number of carbonyl (C=O) groups excluding carboxylic acids is 2. The predicted octanol–water partition coefficient (Wildman–Crippen LogP) is 5.11. The number of benzene rings is 2. The molecule has 1 atom stereocenters. The topological polar surface area (TPSA) is 121 Å². The van der Waals surface area contributed by atoms with E-state index in [1.54, 1.807) is 36.4 Å². The van der Waals surface area contributed by atoms with Gasteiger partial charge in [-0.15, -0.1) is 0 Å². The third-order valence-electron chi connectivity index (χ3n) is 7.20. The van der Waals surface area contributed by atoms with Gasteiger partial charge in [0.2, 0.25) is 5.88 Å². The Kier molecular flexibility index (Phi) is 6.31. The number of carbonyl (C=O) groups is 2. The molecular formula is C28H24Cl2N6O5. The number of ether oxygens (including phenoxy) is 3. The summed E-state index contributed by atoms with van der Waals surface area (Å²) in [6.07, 6.45) is 1.52. The molecular weight excluding hydrogens is 571 g/mol. The molecule has 13 heteroatoms. The highest BCUT2D eigenvalue weighted by Crippen LogP contribution is 2.55. The third-order valence-corrected chi connectivity index (χ3v) is 7.73. The molecule has 1 N–H and O–H groups in total. The summed E-state index contributed by atoms with van der Waals surface area (Å²) in [7, 11) is 4.41. The highest BCUT2D eigenvalue weighted by atomic mass is 35.5. The SMILES string of the molecule is COc1ncc(-c2nc3c(n2C(C)C)C2(C(=O)Nc4cc(Cl)ccc42)N(c2ccc(OC)c(Cl)c2)C3=O)c(OC)n1. The van der Waals surface area contributed by atoms with Crippen molar-refractivity contribution in [2.24, 2.45) is 0 Å². The molecule has 0 saturated carbocycles. The van der Waals surface area contributed by atoms with Gasteiger partial charge in [0.05, 0.1) is 37.6 Å². The van der Waals surface area contributed by atoms with Gasteiger partial charge < -0.3 is 24.1 Å². The van der Waals surface area contributed by atoms with Gasteiger partial charge in [-0.3, -0.25) is 14.5 Å². The van der Waals surface area contributed by atoms with Crippen molar-refractivity contribution in [3.05, 3.63) is 69.6 Å². The molecule has 4 aromatic rings. The first kappa shape index (κ1) is 26.9. The normalized spacial score (nSPS) is 17.2. The van der Waals surface area contributed by atoms with Crippen molar-refractivity contribution in [1.29, 1.82) is 0 Å². The second-order valence-corrected chi connectivity index (χ2v) is 10.5. The van der Waals surface area contributed by atoms with Gasteiger partial charge in [0, 0.05) is 34.2 Å². The molecule has 2 amide bonds. The molecule has 2 aromatic heterocycles. The average Bonchev–Trinajstić information content (AvgIpc) is 3.56. The number of rotatable bonds is 6. The molecule has 0 fully saturated rings. The maximum Gasteiger partial charge on any atom is 0.319 e.